The van der Waals surface area contributed by atoms with Crippen LogP contribution in [-0.4, -0.2) is 13.1 Å². The van der Waals surface area contributed by atoms with E-state index in [9.17, 15) is 13.2 Å². The molecule has 0 spiro atoms. The number of piperidine rings is 1. The summed E-state index contributed by atoms with van der Waals surface area (Å²) in [6, 6.07) is 3.81. The van der Waals surface area contributed by atoms with Gasteiger partial charge >= 0.3 is 6.18 Å². The number of rotatable bonds is 1. The van der Waals surface area contributed by atoms with E-state index in [0.717, 1.165) is 25.3 Å². The van der Waals surface area contributed by atoms with Crippen molar-refractivity contribution in [3.8, 4) is 0 Å². The number of benzene rings is 1. The molecule has 0 atom stereocenters. The van der Waals surface area contributed by atoms with E-state index >= 15 is 0 Å². The highest BCUT2D eigenvalue weighted by Gasteiger charge is 2.35. The van der Waals surface area contributed by atoms with Crippen LogP contribution in [0.15, 0.2) is 18.2 Å². The van der Waals surface area contributed by atoms with Gasteiger partial charge in [-0.2, -0.15) is 13.2 Å². The first-order chi connectivity index (χ1) is 8.52. The molecule has 2 rings (SSSR count). The minimum atomic E-state index is -4.41. The van der Waals surface area contributed by atoms with E-state index in [1.165, 1.54) is 12.1 Å². The van der Waals surface area contributed by atoms with Gasteiger partial charge in [0.2, 0.25) is 0 Å². The Bertz CT molecular complexity index is 468. The molecule has 0 saturated carbocycles. The molecule has 1 aromatic carbocycles. The molecule has 0 bridgehead atoms. The van der Waals surface area contributed by atoms with E-state index in [1.54, 1.807) is 4.90 Å². The lowest BCUT2D eigenvalue weighted by molar-refractivity contribution is -0.137. The van der Waals surface area contributed by atoms with E-state index in [1.807, 2.05) is 0 Å². The summed E-state index contributed by atoms with van der Waals surface area (Å²) in [5, 5.41) is 0. The molecule has 5 heteroatoms. The first-order valence-electron chi connectivity index (χ1n) is 5.86. The molecular weight excluding hydrogens is 241 g/mol. The molecular formula is C13H13F3N2. The van der Waals surface area contributed by atoms with E-state index in [4.69, 9.17) is 6.57 Å². The minimum Gasteiger partial charge on any atom is -0.371 e. The molecule has 18 heavy (non-hydrogen) atoms. The summed E-state index contributed by atoms with van der Waals surface area (Å²) in [4.78, 5) is 4.83. The van der Waals surface area contributed by atoms with E-state index in [2.05, 4.69) is 4.85 Å². The summed E-state index contributed by atoms with van der Waals surface area (Å²) >= 11 is 0. The number of nitrogens with zero attached hydrogens (tertiary/aromatic N) is 2. The van der Waals surface area contributed by atoms with Crippen molar-refractivity contribution in [2.75, 3.05) is 18.0 Å². The molecule has 0 unspecified atom stereocenters. The van der Waals surface area contributed by atoms with Crippen LogP contribution < -0.4 is 4.90 Å². The molecule has 1 saturated heterocycles. The highest BCUT2D eigenvalue weighted by atomic mass is 19.4. The fourth-order valence-corrected chi connectivity index (χ4v) is 2.23. The summed E-state index contributed by atoms with van der Waals surface area (Å²) in [5.41, 5.74) is -0.462. The second-order valence-corrected chi connectivity index (χ2v) is 4.36. The number of hydrogen-bond donors (Lipinski definition) is 0. The van der Waals surface area contributed by atoms with Crippen LogP contribution in [0, 0.1) is 6.57 Å². The number of anilines is 1. The van der Waals surface area contributed by atoms with Crippen LogP contribution in [-0.2, 0) is 6.18 Å². The predicted octanol–water partition coefficient (Wildman–Crippen LogP) is 4.25. The topological polar surface area (TPSA) is 7.60 Å². The van der Waals surface area contributed by atoms with Crippen molar-refractivity contribution in [1.82, 2.24) is 0 Å². The van der Waals surface area contributed by atoms with E-state index in [0.29, 0.717) is 13.1 Å². The van der Waals surface area contributed by atoms with E-state index in [-0.39, 0.29) is 11.4 Å². The van der Waals surface area contributed by atoms with Crippen LogP contribution in [0.1, 0.15) is 24.8 Å². The second kappa shape index (κ2) is 4.89. The predicted molar refractivity (Wildman–Crippen MR) is 63.8 cm³/mol. The maximum absolute atomic E-state index is 13.0. The van der Waals surface area contributed by atoms with Gasteiger partial charge in [0.25, 0.3) is 0 Å². The van der Waals surface area contributed by atoms with Crippen molar-refractivity contribution in [2.24, 2.45) is 0 Å². The van der Waals surface area contributed by atoms with Crippen LogP contribution in [0.25, 0.3) is 4.85 Å². The third kappa shape index (κ3) is 2.58. The minimum absolute atomic E-state index is 0.0306. The Morgan fingerprint density at radius 3 is 2.33 bits per heavy atom. The standard InChI is InChI=1S/C13H13F3N2/c1-17-10-5-6-12(11(9-10)13(14,15)16)18-7-3-2-4-8-18/h5-6,9H,2-4,7-8H2. The average Bonchev–Trinajstić information content (AvgIpc) is 2.38. The first kappa shape index (κ1) is 12.7. The van der Waals surface area contributed by atoms with Gasteiger partial charge in [0, 0.05) is 18.8 Å². The van der Waals surface area contributed by atoms with Crippen molar-refractivity contribution < 1.29 is 13.2 Å². The van der Waals surface area contributed by atoms with Crippen LogP contribution in [0.2, 0.25) is 0 Å². The second-order valence-electron chi connectivity index (χ2n) is 4.36. The maximum atomic E-state index is 13.0. The smallest absolute Gasteiger partial charge is 0.371 e. The number of alkyl halides is 3. The van der Waals surface area contributed by atoms with Crippen molar-refractivity contribution in [2.45, 2.75) is 25.4 Å². The fourth-order valence-electron chi connectivity index (χ4n) is 2.23. The van der Waals surface area contributed by atoms with Crippen molar-refractivity contribution in [3.63, 3.8) is 0 Å². The average molecular weight is 254 g/mol. The van der Waals surface area contributed by atoms with Gasteiger partial charge in [0.05, 0.1) is 12.1 Å². The molecule has 1 aromatic rings. The fraction of sp³-hybridized carbons (Fsp3) is 0.462. The zero-order valence-electron chi connectivity index (χ0n) is 9.80. The Morgan fingerprint density at radius 1 is 1.11 bits per heavy atom. The molecule has 1 aliphatic rings. The maximum Gasteiger partial charge on any atom is 0.417 e. The van der Waals surface area contributed by atoms with Gasteiger partial charge in [-0.25, -0.2) is 4.85 Å². The molecule has 0 radical (unpaired) electrons. The van der Waals surface area contributed by atoms with Crippen LogP contribution >= 0.6 is 0 Å². The first-order valence-corrected chi connectivity index (χ1v) is 5.86. The molecule has 0 aliphatic carbocycles. The third-order valence-electron chi connectivity index (χ3n) is 3.11. The zero-order valence-corrected chi connectivity index (χ0v) is 9.80. The molecule has 96 valence electrons. The van der Waals surface area contributed by atoms with Gasteiger partial charge in [-0.05, 0) is 31.4 Å². The summed E-state index contributed by atoms with van der Waals surface area (Å²) in [5.74, 6) is 0. The lowest BCUT2D eigenvalue weighted by atomic mass is 10.1. The normalized spacial score (nSPS) is 16.4. The van der Waals surface area contributed by atoms with Crippen LogP contribution in [0.3, 0.4) is 0 Å². The molecule has 2 nitrogen and oxygen atoms in total. The van der Waals surface area contributed by atoms with Gasteiger partial charge in [-0.3, -0.25) is 0 Å². The number of hydrogen-bond acceptors (Lipinski definition) is 1. The largest absolute Gasteiger partial charge is 0.417 e. The Kier molecular flexibility index (Phi) is 3.46. The quantitative estimate of drug-likeness (QED) is 0.680. The molecule has 0 amide bonds. The van der Waals surface area contributed by atoms with Crippen LogP contribution in [0.4, 0.5) is 24.5 Å². The highest BCUT2D eigenvalue weighted by Crippen LogP contribution is 2.39. The van der Waals surface area contributed by atoms with Gasteiger partial charge in [0.1, 0.15) is 0 Å². The SMILES string of the molecule is [C-]#[N+]c1ccc(N2CCCCC2)c(C(F)(F)F)c1. The summed E-state index contributed by atoms with van der Waals surface area (Å²) in [7, 11) is 0. The number of halogens is 3. The Morgan fingerprint density at radius 2 is 1.78 bits per heavy atom. The Labute approximate surface area is 104 Å². The van der Waals surface area contributed by atoms with E-state index < -0.39 is 11.7 Å². The van der Waals surface area contributed by atoms with Gasteiger partial charge in [-0.15, -0.1) is 0 Å². The Hall–Kier alpha value is -1.70. The summed E-state index contributed by atoms with van der Waals surface area (Å²) in [6.45, 7) is 8.11. The van der Waals surface area contributed by atoms with Crippen LogP contribution in [0.5, 0.6) is 0 Å². The van der Waals surface area contributed by atoms with Gasteiger partial charge < -0.3 is 4.90 Å². The molecule has 0 aromatic heterocycles. The lowest BCUT2D eigenvalue weighted by Gasteiger charge is -2.31. The van der Waals surface area contributed by atoms with Crippen molar-refractivity contribution in [1.29, 1.82) is 0 Å². The van der Waals surface area contributed by atoms with Crippen molar-refractivity contribution >= 4 is 11.4 Å². The molecule has 1 heterocycles. The van der Waals surface area contributed by atoms with Gasteiger partial charge in [-0.1, -0.05) is 6.07 Å². The highest BCUT2D eigenvalue weighted by molar-refractivity contribution is 5.62. The molecule has 1 aliphatic heterocycles. The lowest BCUT2D eigenvalue weighted by Crippen LogP contribution is -2.31. The monoisotopic (exact) mass is 254 g/mol. The van der Waals surface area contributed by atoms with Gasteiger partial charge in [0.15, 0.2) is 5.69 Å². The third-order valence-corrected chi connectivity index (χ3v) is 3.11. The summed E-state index contributed by atoms with van der Waals surface area (Å²) in [6.07, 6.45) is -1.50. The molecule has 0 N–H and O–H groups in total. The summed E-state index contributed by atoms with van der Waals surface area (Å²) < 4.78 is 39.0. The van der Waals surface area contributed by atoms with Crippen molar-refractivity contribution in [3.05, 3.63) is 35.2 Å². The Balaban J connectivity index is 2.42. The molecule has 1 fully saturated rings. The zero-order chi connectivity index (χ0) is 13.2.